The van der Waals surface area contributed by atoms with Gasteiger partial charge in [-0.3, -0.25) is 9.59 Å². The Balaban J connectivity index is 1.38. The summed E-state index contributed by atoms with van der Waals surface area (Å²) in [7, 11) is 0. The van der Waals surface area contributed by atoms with Gasteiger partial charge in [-0.15, -0.1) is 0 Å². The van der Waals surface area contributed by atoms with Crippen LogP contribution in [-0.4, -0.2) is 64.2 Å². The van der Waals surface area contributed by atoms with Crippen LogP contribution in [-0.2, 0) is 16.0 Å². The predicted molar refractivity (Wildman–Crippen MR) is 111 cm³/mol. The molecular weight excluding hydrogens is 382 g/mol. The van der Waals surface area contributed by atoms with E-state index in [0.29, 0.717) is 38.4 Å². The van der Waals surface area contributed by atoms with Crippen molar-refractivity contribution in [3.8, 4) is 0 Å². The normalized spacial score (nSPS) is 27.3. The van der Waals surface area contributed by atoms with Gasteiger partial charge in [0.25, 0.3) is 0 Å². The molecule has 0 bridgehead atoms. The number of piperidine rings is 2. The zero-order valence-corrected chi connectivity index (χ0v) is 18.9. The first-order chi connectivity index (χ1) is 13.9. The van der Waals surface area contributed by atoms with Crippen molar-refractivity contribution in [2.24, 2.45) is 22.2 Å². The molecule has 3 heterocycles. The van der Waals surface area contributed by atoms with Crippen molar-refractivity contribution in [1.29, 1.82) is 0 Å². The van der Waals surface area contributed by atoms with E-state index in [4.69, 9.17) is 4.52 Å². The molecule has 1 unspecified atom stereocenters. The van der Waals surface area contributed by atoms with Crippen LogP contribution in [0.15, 0.2) is 10.6 Å². The number of carbonyl (C=O) groups excluding carboxylic acids is 2. The molecule has 1 N–H and O–H groups in total. The minimum atomic E-state index is -0.493. The van der Waals surface area contributed by atoms with E-state index in [0.717, 1.165) is 18.5 Å². The van der Waals surface area contributed by atoms with Gasteiger partial charge in [0, 0.05) is 38.2 Å². The highest BCUT2D eigenvalue weighted by Crippen LogP contribution is 2.69. The molecule has 1 spiro atoms. The van der Waals surface area contributed by atoms with Crippen LogP contribution < -0.4 is 0 Å². The minimum Gasteiger partial charge on any atom is -0.391 e. The Bertz CT molecular complexity index is 821. The summed E-state index contributed by atoms with van der Waals surface area (Å²) in [6.07, 6.45) is 2.07. The monoisotopic (exact) mass is 417 g/mol. The Morgan fingerprint density at radius 3 is 2.33 bits per heavy atom. The molecule has 166 valence electrons. The van der Waals surface area contributed by atoms with Gasteiger partial charge in [-0.1, -0.05) is 32.9 Å². The summed E-state index contributed by atoms with van der Waals surface area (Å²) in [6, 6.07) is 1.80. The molecule has 2 saturated heterocycles. The third kappa shape index (κ3) is 3.55. The SMILES string of the molecule is Cc1cc(CC(=O)N2CCC3(CC2)CC(O)CN(C(=O)C2C(C)(C)C2(C)C)C3)on1. The number of aromatic nitrogens is 1. The van der Waals surface area contributed by atoms with Crippen LogP contribution in [0.4, 0.5) is 0 Å². The Morgan fingerprint density at radius 2 is 1.80 bits per heavy atom. The first kappa shape index (κ1) is 21.3. The van der Waals surface area contributed by atoms with Gasteiger partial charge >= 0.3 is 0 Å². The molecule has 0 radical (unpaired) electrons. The van der Waals surface area contributed by atoms with E-state index in [1.165, 1.54) is 0 Å². The lowest BCUT2D eigenvalue weighted by Crippen LogP contribution is -2.56. The Kier molecular flexibility index (Phi) is 5.03. The lowest BCUT2D eigenvalue weighted by atomic mass is 9.71. The van der Waals surface area contributed by atoms with E-state index in [1.54, 1.807) is 6.07 Å². The molecule has 2 amide bonds. The molecule has 1 aromatic rings. The summed E-state index contributed by atoms with van der Waals surface area (Å²) in [5.74, 6) is 0.839. The van der Waals surface area contributed by atoms with Crippen molar-refractivity contribution in [3.05, 3.63) is 17.5 Å². The van der Waals surface area contributed by atoms with Crippen molar-refractivity contribution >= 4 is 11.8 Å². The third-order valence-corrected chi connectivity index (χ3v) is 8.38. The molecule has 1 saturated carbocycles. The van der Waals surface area contributed by atoms with Gasteiger partial charge in [-0.2, -0.15) is 0 Å². The number of hydrogen-bond donors (Lipinski definition) is 1. The van der Waals surface area contributed by atoms with Crippen LogP contribution in [0.2, 0.25) is 0 Å². The predicted octanol–water partition coefficient (Wildman–Crippen LogP) is 2.41. The number of nitrogens with zero attached hydrogens (tertiary/aromatic N) is 3. The van der Waals surface area contributed by atoms with Gasteiger partial charge in [-0.25, -0.2) is 0 Å². The second kappa shape index (κ2) is 7.08. The van der Waals surface area contributed by atoms with E-state index < -0.39 is 6.10 Å². The zero-order chi connectivity index (χ0) is 21.9. The quantitative estimate of drug-likeness (QED) is 0.816. The summed E-state index contributed by atoms with van der Waals surface area (Å²) < 4.78 is 5.18. The first-order valence-corrected chi connectivity index (χ1v) is 11.1. The molecule has 3 fully saturated rings. The van der Waals surface area contributed by atoms with E-state index >= 15 is 0 Å². The first-order valence-electron chi connectivity index (χ1n) is 11.1. The number of aliphatic hydroxyl groups excluding tert-OH is 1. The van der Waals surface area contributed by atoms with Gasteiger partial charge in [0.1, 0.15) is 5.76 Å². The number of aliphatic hydroxyl groups is 1. The molecule has 4 rings (SSSR count). The summed E-state index contributed by atoms with van der Waals surface area (Å²) in [4.78, 5) is 29.7. The highest BCUT2D eigenvalue weighted by molar-refractivity contribution is 5.84. The largest absolute Gasteiger partial charge is 0.391 e. The number of hydrogen-bond acceptors (Lipinski definition) is 5. The van der Waals surface area contributed by atoms with E-state index in [1.807, 2.05) is 16.7 Å². The standard InChI is InChI=1S/C23H35N3O4/c1-15-10-17(30-24-15)11-18(28)25-8-6-23(7-9-25)12-16(27)13-26(14-23)20(29)19-21(2,3)22(19,4)5/h10,16,19,27H,6-9,11-14H2,1-5H3. The Hall–Kier alpha value is -1.89. The molecular formula is C23H35N3O4. The fourth-order valence-electron chi connectivity index (χ4n) is 5.87. The smallest absolute Gasteiger partial charge is 0.230 e. The Labute approximate surface area is 178 Å². The zero-order valence-electron chi connectivity index (χ0n) is 18.9. The van der Waals surface area contributed by atoms with Gasteiger partial charge < -0.3 is 19.4 Å². The van der Waals surface area contributed by atoms with Crippen molar-refractivity contribution in [2.75, 3.05) is 26.2 Å². The maximum Gasteiger partial charge on any atom is 0.230 e. The summed E-state index contributed by atoms with van der Waals surface area (Å²) >= 11 is 0. The average molecular weight is 418 g/mol. The topological polar surface area (TPSA) is 86.9 Å². The molecule has 1 aromatic heterocycles. The number of carbonyl (C=O) groups is 2. The minimum absolute atomic E-state index is 0.00546. The van der Waals surface area contributed by atoms with Crippen molar-refractivity contribution in [2.45, 2.75) is 66.4 Å². The van der Waals surface area contributed by atoms with Crippen LogP contribution in [0.3, 0.4) is 0 Å². The second-order valence-electron chi connectivity index (χ2n) is 10.9. The number of rotatable bonds is 3. The van der Waals surface area contributed by atoms with Crippen LogP contribution in [0.5, 0.6) is 0 Å². The van der Waals surface area contributed by atoms with Gasteiger partial charge in [0.2, 0.25) is 11.8 Å². The summed E-state index contributed by atoms with van der Waals surface area (Å²) in [5, 5.41) is 14.4. The number of aryl methyl sites for hydroxylation is 1. The second-order valence-corrected chi connectivity index (χ2v) is 10.9. The lowest BCUT2D eigenvalue weighted by molar-refractivity contribution is -0.145. The fourth-order valence-corrected chi connectivity index (χ4v) is 5.87. The van der Waals surface area contributed by atoms with Gasteiger partial charge in [0.05, 0.1) is 18.2 Å². The van der Waals surface area contributed by atoms with Crippen LogP contribution >= 0.6 is 0 Å². The van der Waals surface area contributed by atoms with Crippen LogP contribution in [0, 0.1) is 29.1 Å². The number of β-amino-alcohol motifs (C(OH)–C–C–N with tert-alkyl or cyclic N) is 1. The third-order valence-electron chi connectivity index (χ3n) is 8.38. The molecule has 1 aliphatic carbocycles. The van der Waals surface area contributed by atoms with Crippen molar-refractivity contribution in [3.63, 3.8) is 0 Å². The van der Waals surface area contributed by atoms with E-state index in [2.05, 4.69) is 32.9 Å². The summed E-state index contributed by atoms with van der Waals surface area (Å²) in [5.41, 5.74) is 0.664. The number of likely N-dealkylation sites (tertiary alicyclic amines) is 2. The molecule has 1 atom stereocenters. The van der Waals surface area contributed by atoms with E-state index in [-0.39, 0.29) is 40.4 Å². The molecule has 7 heteroatoms. The molecule has 30 heavy (non-hydrogen) atoms. The fraction of sp³-hybridized carbons (Fsp3) is 0.783. The highest BCUT2D eigenvalue weighted by Gasteiger charge is 2.69. The summed E-state index contributed by atoms with van der Waals surface area (Å²) in [6.45, 7) is 12.9. The van der Waals surface area contributed by atoms with Gasteiger partial charge in [-0.05, 0) is 42.4 Å². The molecule has 7 nitrogen and oxygen atoms in total. The van der Waals surface area contributed by atoms with Crippen LogP contribution in [0.1, 0.15) is 58.4 Å². The maximum atomic E-state index is 13.3. The Morgan fingerprint density at radius 1 is 1.17 bits per heavy atom. The van der Waals surface area contributed by atoms with Crippen LogP contribution in [0.25, 0.3) is 0 Å². The molecule has 2 aliphatic heterocycles. The lowest BCUT2D eigenvalue weighted by Gasteiger charge is -2.49. The number of amides is 2. The van der Waals surface area contributed by atoms with Crippen molar-refractivity contribution < 1.29 is 19.2 Å². The average Bonchev–Trinajstić information content (AvgIpc) is 2.91. The maximum absolute atomic E-state index is 13.3. The highest BCUT2D eigenvalue weighted by atomic mass is 16.5. The molecule has 0 aromatic carbocycles. The molecule has 3 aliphatic rings. The van der Waals surface area contributed by atoms with E-state index in [9.17, 15) is 14.7 Å². The van der Waals surface area contributed by atoms with Crippen molar-refractivity contribution in [1.82, 2.24) is 15.0 Å². The van der Waals surface area contributed by atoms with Gasteiger partial charge in [0.15, 0.2) is 0 Å².